The van der Waals surface area contributed by atoms with Gasteiger partial charge in [-0.2, -0.15) is 4.31 Å². The molecular weight excluding hydrogens is 580 g/mol. The average Bonchev–Trinajstić information content (AvgIpc) is 3.46. The van der Waals surface area contributed by atoms with Crippen LogP contribution in [0.1, 0.15) is 11.3 Å². The molecule has 42 heavy (non-hydrogen) atoms. The molecule has 0 spiro atoms. The summed E-state index contributed by atoms with van der Waals surface area (Å²) in [5.74, 6) is 0.210. The maximum absolute atomic E-state index is 13.1. The predicted octanol–water partition coefficient (Wildman–Crippen LogP) is 5.98. The fourth-order valence-electron chi connectivity index (χ4n) is 4.71. The minimum absolute atomic E-state index is 0.0813. The van der Waals surface area contributed by atoms with Crippen LogP contribution in [0.4, 0.5) is 17.1 Å². The molecule has 0 aliphatic carbocycles. The number of hydrogen-bond acceptors (Lipinski definition) is 7. The van der Waals surface area contributed by atoms with Crippen LogP contribution in [0.25, 0.3) is 17.4 Å². The summed E-state index contributed by atoms with van der Waals surface area (Å²) < 4.78 is 33.4. The number of halogens is 1. The van der Waals surface area contributed by atoms with Crippen LogP contribution < -0.4 is 10.2 Å². The lowest BCUT2D eigenvalue weighted by Gasteiger charge is -2.36. The minimum Gasteiger partial charge on any atom is -0.456 e. The Kier molecular flexibility index (Phi) is 8.44. The van der Waals surface area contributed by atoms with Crippen molar-refractivity contribution in [3.8, 4) is 11.3 Å². The Balaban J connectivity index is 1.26. The summed E-state index contributed by atoms with van der Waals surface area (Å²) in [7, 11) is -3.63. The van der Waals surface area contributed by atoms with Crippen molar-refractivity contribution >= 4 is 50.7 Å². The Morgan fingerprint density at radius 3 is 2.40 bits per heavy atom. The molecule has 1 aliphatic heterocycles. The third-order valence-corrected chi connectivity index (χ3v) is 9.07. The molecule has 1 N–H and O–H groups in total. The number of nitro benzene ring substituents is 1. The van der Waals surface area contributed by atoms with Crippen molar-refractivity contribution in [1.29, 1.82) is 0 Å². The lowest BCUT2D eigenvalue weighted by Crippen LogP contribution is -2.49. The Morgan fingerprint density at radius 1 is 0.976 bits per heavy atom. The van der Waals surface area contributed by atoms with E-state index in [4.69, 9.17) is 16.0 Å². The average molecular weight is 607 g/mol. The van der Waals surface area contributed by atoms with Crippen LogP contribution in [0.3, 0.4) is 0 Å². The van der Waals surface area contributed by atoms with Crippen molar-refractivity contribution in [3.05, 3.63) is 111 Å². The van der Waals surface area contributed by atoms with E-state index in [1.807, 2.05) is 11.8 Å². The third-order valence-electron chi connectivity index (χ3n) is 6.85. The summed E-state index contributed by atoms with van der Waals surface area (Å²) in [5, 5.41) is 14.6. The summed E-state index contributed by atoms with van der Waals surface area (Å²) in [6, 6.07) is 21.4. The topological polar surface area (TPSA) is 126 Å². The summed E-state index contributed by atoms with van der Waals surface area (Å²) in [5.41, 5.74) is 2.32. The van der Waals surface area contributed by atoms with Gasteiger partial charge in [-0.15, -0.1) is 0 Å². The number of nitrogens with zero attached hydrogens (tertiary/aromatic N) is 3. The molecule has 0 radical (unpaired) electrons. The van der Waals surface area contributed by atoms with Crippen LogP contribution in [-0.4, -0.2) is 49.7 Å². The number of carbonyl (C=O) groups is 1. The van der Waals surface area contributed by atoms with Gasteiger partial charge in [0.15, 0.2) is 0 Å². The summed E-state index contributed by atoms with van der Waals surface area (Å²) in [4.78, 5) is 25.9. The molecule has 1 fully saturated rings. The molecule has 0 atom stereocenters. The zero-order valence-corrected chi connectivity index (χ0v) is 24.1. The highest BCUT2D eigenvalue weighted by Gasteiger charge is 2.30. The summed E-state index contributed by atoms with van der Waals surface area (Å²) in [6.45, 7) is 3.19. The quantitative estimate of drug-likeness (QED) is 0.148. The largest absolute Gasteiger partial charge is 0.456 e. The SMILES string of the molecule is Cc1ccc(S(=O)(=O)N2CCN(c3c(Cl)cccc3NC(=O)/C=C/c3ccc(-c4ccccc4[N+](=O)[O-])o3)CC2)cc1. The molecule has 216 valence electrons. The first-order valence-electron chi connectivity index (χ1n) is 13.1. The van der Waals surface area contributed by atoms with Gasteiger partial charge in [0.05, 0.1) is 31.8 Å². The fraction of sp³-hybridized carbons (Fsp3) is 0.167. The van der Waals surface area contributed by atoms with E-state index in [-0.39, 0.29) is 23.7 Å². The molecule has 4 aromatic rings. The molecule has 0 unspecified atom stereocenters. The van der Waals surface area contributed by atoms with E-state index < -0.39 is 20.9 Å². The van der Waals surface area contributed by atoms with Gasteiger partial charge in [0.1, 0.15) is 11.5 Å². The van der Waals surface area contributed by atoms with E-state index in [0.717, 1.165) is 5.56 Å². The first-order chi connectivity index (χ1) is 20.1. The van der Waals surface area contributed by atoms with Crippen molar-refractivity contribution in [2.24, 2.45) is 0 Å². The number of nitrogens with one attached hydrogen (secondary N) is 1. The van der Waals surface area contributed by atoms with Crippen LogP contribution in [0, 0.1) is 17.0 Å². The maximum atomic E-state index is 13.1. The molecule has 1 aliphatic rings. The maximum Gasteiger partial charge on any atom is 0.280 e. The number of hydrogen-bond donors (Lipinski definition) is 1. The number of carbonyl (C=O) groups excluding carboxylic acids is 1. The second-order valence-electron chi connectivity index (χ2n) is 9.64. The van der Waals surface area contributed by atoms with E-state index in [1.165, 1.54) is 22.5 Å². The van der Waals surface area contributed by atoms with E-state index in [9.17, 15) is 23.3 Å². The Bertz CT molecular complexity index is 1760. The van der Waals surface area contributed by atoms with Gasteiger partial charge in [0.2, 0.25) is 15.9 Å². The minimum atomic E-state index is -3.63. The number of benzene rings is 3. The number of amides is 1. The van der Waals surface area contributed by atoms with Crippen LogP contribution >= 0.6 is 11.6 Å². The molecule has 1 saturated heterocycles. The second-order valence-corrected chi connectivity index (χ2v) is 12.0. The van der Waals surface area contributed by atoms with Crippen molar-refractivity contribution in [3.63, 3.8) is 0 Å². The van der Waals surface area contributed by atoms with E-state index >= 15 is 0 Å². The van der Waals surface area contributed by atoms with Crippen LogP contribution in [0.2, 0.25) is 5.02 Å². The van der Waals surface area contributed by atoms with Crippen molar-refractivity contribution in [1.82, 2.24) is 4.31 Å². The second kappa shape index (κ2) is 12.2. The van der Waals surface area contributed by atoms with Gasteiger partial charge in [-0.1, -0.05) is 47.5 Å². The predicted molar refractivity (Wildman–Crippen MR) is 162 cm³/mol. The Morgan fingerprint density at radius 2 is 1.69 bits per heavy atom. The molecule has 1 amide bonds. The number of para-hydroxylation sites is 2. The molecular formula is C30H27ClN4O6S. The number of anilines is 2. The molecule has 0 bridgehead atoms. The van der Waals surface area contributed by atoms with Crippen molar-refractivity contribution in [2.45, 2.75) is 11.8 Å². The van der Waals surface area contributed by atoms with Crippen LogP contribution in [0.15, 0.2) is 94.3 Å². The van der Waals surface area contributed by atoms with E-state index in [0.29, 0.717) is 46.6 Å². The number of sulfonamides is 1. The third kappa shape index (κ3) is 6.23. The summed E-state index contributed by atoms with van der Waals surface area (Å²) in [6.07, 6.45) is 2.76. The normalized spacial score (nSPS) is 14.3. The van der Waals surface area contributed by atoms with Gasteiger partial charge in [0.25, 0.3) is 5.69 Å². The molecule has 0 saturated carbocycles. The molecule has 2 heterocycles. The number of nitro groups is 1. The molecule has 3 aromatic carbocycles. The fourth-order valence-corrected chi connectivity index (χ4v) is 6.43. The Hall–Kier alpha value is -4.45. The van der Waals surface area contributed by atoms with Crippen molar-refractivity contribution < 1.29 is 22.6 Å². The summed E-state index contributed by atoms with van der Waals surface area (Å²) >= 11 is 6.55. The first-order valence-corrected chi connectivity index (χ1v) is 14.9. The van der Waals surface area contributed by atoms with Gasteiger partial charge in [-0.05, 0) is 55.5 Å². The molecule has 10 nitrogen and oxygen atoms in total. The lowest BCUT2D eigenvalue weighted by molar-refractivity contribution is -0.384. The van der Waals surface area contributed by atoms with E-state index in [2.05, 4.69) is 5.32 Å². The number of rotatable bonds is 8. The monoisotopic (exact) mass is 606 g/mol. The van der Waals surface area contributed by atoms with E-state index in [1.54, 1.807) is 72.8 Å². The van der Waals surface area contributed by atoms with Gasteiger partial charge in [-0.3, -0.25) is 14.9 Å². The number of piperazine rings is 1. The molecule has 12 heteroatoms. The zero-order valence-electron chi connectivity index (χ0n) is 22.6. The zero-order chi connectivity index (χ0) is 29.9. The lowest BCUT2D eigenvalue weighted by atomic mass is 10.1. The van der Waals surface area contributed by atoms with Gasteiger partial charge in [-0.25, -0.2) is 8.42 Å². The highest BCUT2D eigenvalue weighted by Crippen LogP contribution is 2.35. The number of aryl methyl sites for hydroxylation is 1. The standard InChI is InChI=1S/C30H27ClN4O6S/c1-21-9-13-23(14-10-21)42(39,40)34-19-17-33(18-20-34)30-25(31)6-4-7-26(30)32-29(36)16-12-22-11-15-28(41-22)24-5-2-3-8-27(24)35(37)38/h2-16H,17-20H2,1H3,(H,32,36)/b16-12+. The van der Waals surface area contributed by atoms with Gasteiger partial charge in [0, 0.05) is 38.3 Å². The van der Waals surface area contributed by atoms with Crippen LogP contribution in [-0.2, 0) is 14.8 Å². The first kappa shape index (κ1) is 29.1. The molecule has 5 rings (SSSR count). The Labute approximate surface area is 248 Å². The smallest absolute Gasteiger partial charge is 0.280 e. The number of furan rings is 1. The highest BCUT2D eigenvalue weighted by atomic mass is 35.5. The highest BCUT2D eigenvalue weighted by molar-refractivity contribution is 7.89. The molecule has 1 aromatic heterocycles. The van der Waals surface area contributed by atoms with Crippen LogP contribution in [0.5, 0.6) is 0 Å². The van der Waals surface area contributed by atoms with Crippen molar-refractivity contribution in [2.75, 3.05) is 36.4 Å². The van der Waals surface area contributed by atoms with Gasteiger partial charge < -0.3 is 14.6 Å². The van der Waals surface area contributed by atoms with Gasteiger partial charge >= 0.3 is 0 Å².